The molecule has 0 fully saturated rings. The van der Waals surface area contributed by atoms with Crippen LogP contribution in [0, 0.1) is 5.82 Å². The summed E-state index contributed by atoms with van der Waals surface area (Å²) in [5.41, 5.74) is 4.52. The Morgan fingerprint density at radius 1 is 1.31 bits per heavy atom. The monoisotopic (exact) mass is 464 g/mol. The molecule has 3 N–H and O–H groups in total. The summed E-state index contributed by atoms with van der Waals surface area (Å²) < 4.78 is 14.3. The van der Waals surface area contributed by atoms with Gasteiger partial charge in [-0.15, -0.1) is 0 Å². The molecule has 9 nitrogen and oxygen atoms in total. The molecule has 0 spiro atoms. The number of aromatic hydroxyl groups is 1. The van der Waals surface area contributed by atoms with Crippen molar-refractivity contribution in [2.75, 3.05) is 20.6 Å². The van der Waals surface area contributed by atoms with E-state index >= 15 is 0 Å². The Morgan fingerprint density at radius 3 is 2.53 bits per heavy atom. The first-order valence-electron chi connectivity index (χ1n) is 9.70. The molecular weight excluding hydrogens is 443 g/mol. The molecule has 3 amide bonds. The predicted octanol–water partition coefficient (Wildman–Crippen LogP) is 1.29. The van der Waals surface area contributed by atoms with Crippen LogP contribution in [0.15, 0.2) is 23.0 Å². The number of benzene rings is 1. The van der Waals surface area contributed by atoms with Gasteiger partial charge < -0.3 is 20.6 Å². The molecule has 2 heterocycles. The highest BCUT2D eigenvalue weighted by Gasteiger charge is 2.37. The Morgan fingerprint density at radius 2 is 1.97 bits per heavy atom. The molecule has 0 aliphatic carbocycles. The largest absolute Gasteiger partial charge is 0.502 e. The molecule has 0 saturated carbocycles. The number of fused-ring (bicyclic) bond motifs is 1. The second-order valence-electron chi connectivity index (χ2n) is 7.73. The summed E-state index contributed by atoms with van der Waals surface area (Å²) in [5.74, 6) is -3.63. The molecule has 0 saturated heterocycles. The lowest BCUT2D eigenvalue weighted by atomic mass is 9.94. The normalized spacial score (nSPS) is 14.2. The highest BCUT2D eigenvalue weighted by atomic mass is 35.5. The number of halogens is 2. The van der Waals surface area contributed by atoms with Gasteiger partial charge in [0.05, 0.1) is 10.6 Å². The number of nitrogens with two attached hydrogens (primary N) is 1. The highest BCUT2D eigenvalue weighted by molar-refractivity contribution is 6.30. The number of hydrogen-bond acceptors (Lipinski definition) is 5. The molecule has 0 radical (unpaired) electrons. The summed E-state index contributed by atoms with van der Waals surface area (Å²) in [7, 11) is 2.92. The standard InChI is InChI=1S/C21H22ClFN4O5/c1-10(18(24)29)27-16(20(31)25(2)3)12-6-7-26(19(30)15(12)17(28)21(27)32)9-11-4-5-14(23)13(22)8-11/h4-5,8,10,28H,6-7,9H2,1-3H3,(H2,24,29). The van der Waals surface area contributed by atoms with Crippen molar-refractivity contribution in [2.45, 2.75) is 25.9 Å². The van der Waals surface area contributed by atoms with Gasteiger partial charge in [0.1, 0.15) is 17.6 Å². The van der Waals surface area contributed by atoms with Gasteiger partial charge in [-0.25, -0.2) is 4.39 Å². The Bertz CT molecular complexity index is 1190. The Kier molecular flexibility index (Phi) is 6.27. The zero-order valence-corrected chi connectivity index (χ0v) is 18.4. The van der Waals surface area contributed by atoms with E-state index in [1.54, 1.807) is 0 Å². The number of amides is 3. The van der Waals surface area contributed by atoms with E-state index in [2.05, 4.69) is 0 Å². The molecular formula is C21H22ClFN4O5. The summed E-state index contributed by atoms with van der Waals surface area (Å²) in [5, 5.41) is 10.5. The fourth-order valence-corrected chi connectivity index (χ4v) is 3.86. The van der Waals surface area contributed by atoms with Gasteiger partial charge in [0.25, 0.3) is 17.4 Å². The van der Waals surface area contributed by atoms with Crippen molar-refractivity contribution in [1.29, 1.82) is 0 Å². The van der Waals surface area contributed by atoms with Crippen LogP contribution in [-0.2, 0) is 17.8 Å². The maximum Gasteiger partial charge on any atom is 0.294 e. The number of hydrogen-bond donors (Lipinski definition) is 2. The average molecular weight is 465 g/mol. The van der Waals surface area contributed by atoms with Gasteiger partial charge in [-0.1, -0.05) is 17.7 Å². The van der Waals surface area contributed by atoms with E-state index in [1.807, 2.05) is 0 Å². The maximum atomic E-state index is 13.4. The molecule has 3 rings (SSSR count). The van der Waals surface area contributed by atoms with E-state index in [9.17, 15) is 28.7 Å². The van der Waals surface area contributed by atoms with E-state index in [0.29, 0.717) is 5.56 Å². The van der Waals surface area contributed by atoms with Crippen LogP contribution in [0.3, 0.4) is 0 Å². The molecule has 1 aliphatic rings. The highest BCUT2D eigenvalue weighted by Crippen LogP contribution is 2.30. The van der Waals surface area contributed by atoms with Crippen LogP contribution in [0.1, 0.15) is 44.9 Å². The zero-order valence-electron chi connectivity index (χ0n) is 17.7. The lowest BCUT2D eigenvalue weighted by molar-refractivity contribution is -0.120. The molecule has 11 heteroatoms. The van der Waals surface area contributed by atoms with Gasteiger partial charge in [-0.2, -0.15) is 0 Å². The van der Waals surface area contributed by atoms with Gasteiger partial charge >= 0.3 is 0 Å². The van der Waals surface area contributed by atoms with E-state index < -0.39 is 40.9 Å². The van der Waals surface area contributed by atoms with Crippen molar-refractivity contribution in [3.05, 3.63) is 61.8 Å². The molecule has 0 bridgehead atoms. The molecule has 1 aromatic carbocycles. The van der Waals surface area contributed by atoms with E-state index in [4.69, 9.17) is 17.3 Å². The Hall–Kier alpha value is -3.40. The smallest absolute Gasteiger partial charge is 0.294 e. The average Bonchev–Trinajstić information content (AvgIpc) is 2.73. The number of nitrogens with zero attached hydrogens (tertiary/aromatic N) is 3. The van der Waals surface area contributed by atoms with Crippen LogP contribution < -0.4 is 11.3 Å². The fourth-order valence-electron chi connectivity index (χ4n) is 3.66. The molecule has 1 aromatic heterocycles. The summed E-state index contributed by atoms with van der Waals surface area (Å²) >= 11 is 5.81. The number of rotatable bonds is 5. The third-order valence-corrected chi connectivity index (χ3v) is 5.67. The molecule has 32 heavy (non-hydrogen) atoms. The predicted molar refractivity (Wildman–Crippen MR) is 114 cm³/mol. The summed E-state index contributed by atoms with van der Waals surface area (Å²) in [6.45, 7) is 1.53. The zero-order chi connectivity index (χ0) is 23.9. The van der Waals surface area contributed by atoms with Crippen molar-refractivity contribution in [2.24, 2.45) is 5.73 Å². The lowest BCUT2D eigenvalue weighted by Crippen LogP contribution is -2.44. The van der Waals surface area contributed by atoms with Crippen molar-refractivity contribution >= 4 is 29.3 Å². The van der Waals surface area contributed by atoms with E-state index in [1.165, 1.54) is 49.0 Å². The topological polar surface area (TPSA) is 126 Å². The molecule has 170 valence electrons. The van der Waals surface area contributed by atoms with Gasteiger partial charge in [0.15, 0.2) is 5.75 Å². The van der Waals surface area contributed by atoms with Crippen molar-refractivity contribution < 1.29 is 23.9 Å². The Labute approximate surface area is 187 Å². The first-order valence-corrected chi connectivity index (χ1v) is 10.1. The number of aromatic nitrogens is 1. The van der Waals surface area contributed by atoms with Crippen LogP contribution in [0.4, 0.5) is 4.39 Å². The number of carbonyl (C=O) groups excluding carboxylic acids is 3. The summed E-state index contributed by atoms with van der Waals surface area (Å²) in [4.78, 5) is 53.4. The summed E-state index contributed by atoms with van der Waals surface area (Å²) in [6.07, 6.45) is 0.129. The third kappa shape index (κ3) is 3.93. The van der Waals surface area contributed by atoms with E-state index in [0.717, 1.165) is 4.57 Å². The van der Waals surface area contributed by atoms with Crippen LogP contribution >= 0.6 is 11.6 Å². The minimum Gasteiger partial charge on any atom is -0.502 e. The van der Waals surface area contributed by atoms with Gasteiger partial charge in [-0.3, -0.25) is 23.7 Å². The number of pyridine rings is 1. The lowest BCUT2D eigenvalue weighted by Gasteiger charge is -2.32. The van der Waals surface area contributed by atoms with E-state index in [-0.39, 0.29) is 41.4 Å². The van der Waals surface area contributed by atoms with Gasteiger partial charge in [0.2, 0.25) is 5.91 Å². The van der Waals surface area contributed by atoms with Crippen LogP contribution in [-0.4, -0.2) is 57.8 Å². The van der Waals surface area contributed by atoms with Crippen LogP contribution in [0.5, 0.6) is 5.75 Å². The second kappa shape index (κ2) is 8.62. The van der Waals surface area contributed by atoms with Crippen molar-refractivity contribution in [3.8, 4) is 5.75 Å². The SMILES string of the molecule is CC(C(N)=O)n1c(C(=O)N(C)C)c2c(c(O)c1=O)C(=O)N(Cc1ccc(F)c(Cl)c1)CC2. The first-order chi connectivity index (χ1) is 15.0. The summed E-state index contributed by atoms with van der Waals surface area (Å²) in [6, 6.07) is 2.80. The minimum absolute atomic E-state index is 0.0510. The maximum absolute atomic E-state index is 13.4. The number of carbonyl (C=O) groups is 3. The fraction of sp³-hybridized carbons (Fsp3) is 0.333. The molecule has 1 unspecified atom stereocenters. The molecule has 2 aromatic rings. The van der Waals surface area contributed by atoms with Crippen molar-refractivity contribution in [1.82, 2.24) is 14.4 Å². The first kappa shape index (κ1) is 23.3. The Balaban J connectivity index is 2.16. The third-order valence-electron chi connectivity index (χ3n) is 5.38. The van der Waals surface area contributed by atoms with Gasteiger partial charge in [-0.05, 0) is 31.0 Å². The molecule has 1 atom stereocenters. The van der Waals surface area contributed by atoms with Crippen LogP contribution in [0.25, 0.3) is 0 Å². The molecule has 1 aliphatic heterocycles. The van der Waals surface area contributed by atoms with Crippen molar-refractivity contribution in [3.63, 3.8) is 0 Å². The quantitative estimate of drug-likeness (QED) is 0.689. The number of primary amides is 1. The van der Waals surface area contributed by atoms with Gasteiger partial charge in [0, 0.05) is 32.7 Å². The van der Waals surface area contributed by atoms with Crippen LogP contribution in [0.2, 0.25) is 5.02 Å². The minimum atomic E-state index is -1.23. The second-order valence-corrected chi connectivity index (χ2v) is 8.14.